The van der Waals surface area contributed by atoms with Gasteiger partial charge in [0.25, 0.3) is 0 Å². The molecule has 0 bridgehead atoms. The van der Waals surface area contributed by atoms with Gasteiger partial charge in [0.1, 0.15) is 0 Å². The van der Waals surface area contributed by atoms with Gasteiger partial charge in [0.05, 0.1) is 12.4 Å². The Bertz CT molecular complexity index is 145. The van der Waals surface area contributed by atoms with Crippen LogP contribution in [0.1, 0.15) is 33.6 Å². The monoisotopic (exact) mass is 140 g/mol. The lowest BCUT2D eigenvalue weighted by Gasteiger charge is -2.27. The minimum absolute atomic E-state index is 0.365. The largest absolute Gasteiger partial charge is 0.498 e. The Kier molecular flexibility index (Phi) is 2.02. The molecule has 1 aliphatic rings. The van der Waals surface area contributed by atoms with E-state index in [1.54, 1.807) is 0 Å². The van der Waals surface area contributed by atoms with Gasteiger partial charge in [-0.3, -0.25) is 0 Å². The smallest absolute Gasteiger partial charge is 0.0922 e. The molecule has 1 heteroatoms. The fourth-order valence-corrected chi connectivity index (χ4v) is 1.20. The molecule has 0 aromatic rings. The molecule has 0 N–H and O–H groups in total. The van der Waals surface area contributed by atoms with E-state index < -0.39 is 0 Å². The molecule has 0 saturated heterocycles. The average molecular weight is 140 g/mol. The highest BCUT2D eigenvalue weighted by molar-refractivity contribution is 5.03. The lowest BCUT2D eigenvalue weighted by molar-refractivity contribution is 0.142. The molecule has 1 heterocycles. The van der Waals surface area contributed by atoms with Crippen LogP contribution in [-0.2, 0) is 4.74 Å². The Morgan fingerprint density at radius 3 is 2.70 bits per heavy atom. The van der Waals surface area contributed by atoms with Gasteiger partial charge in [0.15, 0.2) is 0 Å². The summed E-state index contributed by atoms with van der Waals surface area (Å²) in [5.41, 5.74) is 0.365. The van der Waals surface area contributed by atoms with E-state index in [1.807, 2.05) is 0 Å². The van der Waals surface area contributed by atoms with E-state index in [4.69, 9.17) is 4.74 Å². The van der Waals surface area contributed by atoms with Crippen LogP contribution in [0.4, 0.5) is 0 Å². The third-order valence-electron chi connectivity index (χ3n) is 1.93. The topological polar surface area (TPSA) is 9.23 Å². The molecule has 0 spiro atoms. The van der Waals surface area contributed by atoms with Gasteiger partial charge in [-0.15, -0.1) is 0 Å². The highest BCUT2D eigenvalue weighted by Crippen LogP contribution is 2.29. The molecule has 0 aromatic heterocycles. The van der Waals surface area contributed by atoms with E-state index in [-0.39, 0.29) is 0 Å². The molecule has 0 aliphatic carbocycles. The highest BCUT2D eigenvalue weighted by atomic mass is 16.5. The fourth-order valence-electron chi connectivity index (χ4n) is 1.20. The van der Waals surface area contributed by atoms with E-state index in [9.17, 15) is 0 Å². The van der Waals surface area contributed by atoms with E-state index in [2.05, 4.69) is 26.8 Å². The summed E-state index contributed by atoms with van der Waals surface area (Å²) in [4.78, 5) is 0. The van der Waals surface area contributed by atoms with E-state index >= 15 is 0 Å². The Morgan fingerprint density at radius 2 is 2.30 bits per heavy atom. The van der Waals surface area contributed by atoms with E-state index in [1.165, 1.54) is 0 Å². The van der Waals surface area contributed by atoms with Crippen molar-refractivity contribution in [2.24, 2.45) is 5.41 Å². The summed E-state index contributed by atoms with van der Waals surface area (Å²) in [7, 11) is 0. The number of ether oxygens (including phenoxy) is 1. The quantitative estimate of drug-likeness (QED) is 0.544. The second-order valence-electron chi connectivity index (χ2n) is 3.55. The lowest BCUT2D eigenvalue weighted by Crippen LogP contribution is -2.17. The van der Waals surface area contributed by atoms with Crippen LogP contribution < -0.4 is 0 Å². The molecular weight excluding hydrogens is 124 g/mol. The second-order valence-corrected chi connectivity index (χ2v) is 3.55. The number of rotatable bonds is 1. The van der Waals surface area contributed by atoms with E-state index in [0.717, 1.165) is 25.2 Å². The van der Waals surface area contributed by atoms with E-state index in [0.29, 0.717) is 5.41 Å². The molecule has 0 atom stereocenters. The zero-order chi connectivity index (χ0) is 7.61. The first-order valence-electron chi connectivity index (χ1n) is 3.98. The summed E-state index contributed by atoms with van der Waals surface area (Å²) < 4.78 is 5.42. The molecule has 10 heavy (non-hydrogen) atoms. The number of hydrogen-bond acceptors (Lipinski definition) is 1. The molecule has 1 nitrogen and oxygen atoms in total. The standard InChI is InChI=1S/C9H16O/c1-4-8-7-9(2,3)5-6-10-8/h7H,4-6H2,1-3H3. The maximum atomic E-state index is 5.42. The van der Waals surface area contributed by atoms with Crippen molar-refractivity contribution in [3.8, 4) is 0 Å². The van der Waals surface area contributed by atoms with Crippen molar-refractivity contribution < 1.29 is 4.74 Å². The van der Waals surface area contributed by atoms with Gasteiger partial charge >= 0.3 is 0 Å². The van der Waals surface area contributed by atoms with Gasteiger partial charge in [0.2, 0.25) is 0 Å². The zero-order valence-corrected chi connectivity index (χ0v) is 7.11. The minimum atomic E-state index is 0.365. The third kappa shape index (κ3) is 1.76. The molecule has 58 valence electrons. The Hall–Kier alpha value is -0.460. The molecule has 0 saturated carbocycles. The Labute approximate surface area is 63.1 Å². The van der Waals surface area contributed by atoms with Crippen molar-refractivity contribution in [1.29, 1.82) is 0 Å². The molecule has 0 aromatic carbocycles. The molecule has 0 unspecified atom stereocenters. The van der Waals surface area contributed by atoms with Crippen LogP contribution in [0.25, 0.3) is 0 Å². The van der Waals surface area contributed by atoms with Crippen LogP contribution in [0.5, 0.6) is 0 Å². The van der Waals surface area contributed by atoms with Crippen LogP contribution in [0, 0.1) is 5.41 Å². The Morgan fingerprint density at radius 1 is 1.60 bits per heavy atom. The maximum absolute atomic E-state index is 5.42. The first-order valence-corrected chi connectivity index (χ1v) is 3.98. The summed E-state index contributed by atoms with van der Waals surface area (Å²) in [5, 5.41) is 0. The van der Waals surface area contributed by atoms with Gasteiger partial charge in [0, 0.05) is 6.42 Å². The molecule has 0 radical (unpaired) electrons. The van der Waals surface area contributed by atoms with Crippen molar-refractivity contribution in [2.75, 3.05) is 6.61 Å². The third-order valence-corrected chi connectivity index (χ3v) is 1.93. The minimum Gasteiger partial charge on any atom is -0.498 e. The normalized spacial score (nSPS) is 23.3. The van der Waals surface area contributed by atoms with Gasteiger partial charge in [-0.2, -0.15) is 0 Å². The maximum Gasteiger partial charge on any atom is 0.0922 e. The molecular formula is C9H16O. The van der Waals surface area contributed by atoms with Gasteiger partial charge in [-0.1, -0.05) is 20.8 Å². The first kappa shape index (κ1) is 7.64. The first-order chi connectivity index (χ1) is 4.64. The summed E-state index contributed by atoms with van der Waals surface area (Å²) >= 11 is 0. The lowest BCUT2D eigenvalue weighted by atomic mass is 9.87. The van der Waals surface area contributed by atoms with Gasteiger partial charge in [-0.05, 0) is 17.9 Å². The summed E-state index contributed by atoms with van der Waals surface area (Å²) in [6, 6.07) is 0. The Balaban J connectivity index is 2.66. The van der Waals surface area contributed by atoms with Crippen LogP contribution >= 0.6 is 0 Å². The van der Waals surface area contributed by atoms with Crippen LogP contribution in [0.2, 0.25) is 0 Å². The van der Waals surface area contributed by atoms with Crippen LogP contribution in [0.15, 0.2) is 11.8 Å². The zero-order valence-electron chi connectivity index (χ0n) is 7.11. The summed E-state index contributed by atoms with van der Waals surface area (Å²) in [6.07, 6.45) is 4.43. The number of hydrogen-bond donors (Lipinski definition) is 0. The SMILES string of the molecule is CCC1=CC(C)(C)CCO1. The van der Waals surface area contributed by atoms with Crippen LogP contribution in [-0.4, -0.2) is 6.61 Å². The van der Waals surface area contributed by atoms with Crippen molar-refractivity contribution in [2.45, 2.75) is 33.6 Å². The molecule has 0 amide bonds. The number of allylic oxidation sites excluding steroid dienone is 2. The van der Waals surface area contributed by atoms with Crippen molar-refractivity contribution in [1.82, 2.24) is 0 Å². The van der Waals surface area contributed by atoms with Crippen molar-refractivity contribution in [3.05, 3.63) is 11.8 Å². The van der Waals surface area contributed by atoms with Gasteiger partial charge in [-0.25, -0.2) is 0 Å². The van der Waals surface area contributed by atoms with Crippen molar-refractivity contribution in [3.63, 3.8) is 0 Å². The predicted molar refractivity (Wildman–Crippen MR) is 42.7 cm³/mol. The summed E-state index contributed by atoms with van der Waals surface area (Å²) in [5.74, 6) is 1.16. The van der Waals surface area contributed by atoms with Crippen molar-refractivity contribution >= 4 is 0 Å². The van der Waals surface area contributed by atoms with Gasteiger partial charge < -0.3 is 4.74 Å². The molecule has 1 rings (SSSR count). The second kappa shape index (κ2) is 2.65. The average Bonchev–Trinajstić information content (AvgIpc) is 1.86. The van der Waals surface area contributed by atoms with Crippen LogP contribution in [0.3, 0.4) is 0 Å². The highest BCUT2D eigenvalue weighted by Gasteiger charge is 2.20. The fraction of sp³-hybridized carbons (Fsp3) is 0.778. The summed E-state index contributed by atoms with van der Waals surface area (Å²) in [6.45, 7) is 7.54. The predicted octanol–water partition coefficient (Wildman–Crippen LogP) is 2.73. The molecule has 1 aliphatic heterocycles. The molecule has 0 fully saturated rings.